The fraction of sp³-hybridized carbons (Fsp3) is 0.375. The van der Waals surface area contributed by atoms with Crippen LogP contribution in [0.4, 0.5) is 10.5 Å². The van der Waals surface area contributed by atoms with Gasteiger partial charge < -0.3 is 9.30 Å². The minimum atomic E-state index is -0.544. The van der Waals surface area contributed by atoms with E-state index in [-0.39, 0.29) is 5.54 Å². The number of hydrogen-bond donors (Lipinski definition) is 1. The molecule has 0 aliphatic carbocycles. The van der Waals surface area contributed by atoms with Crippen LogP contribution in [0.25, 0.3) is 10.9 Å². The number of nitrogens with zero attached hydrogens (tertiary/aromatic N) is 1. The van der Waals surface area contributed by atoms with E-state index in [0.29, 0.717) is 0 Å². The summed E-state index contributed by atoms with van der Waals surface area (Å²) in [4.78, 5) is 12.3. The lowest BCUT2D eigenvalue weighted by Gasteiger charge is -2.35. The van der Waals surface area contributed by atoms with Crippen molar-refractivity contribution in [2.24, 2.45) is 0 Å². The van der Waals surface area contributed by atoms with Gasteiger partial charge in [0.15, 0.2) is 0 Å². The number of carbonyl (C=O) groups is 1. The second-order valence-electron chi connectivity index (χ2n) is 8.30. The highest BCUT2D eigenvalue weighted by Gasteiger charge is 2.31. The molecule has 5 heteroatoms. The lowest BCUT2D eigenvalue weighted by molar-refractivity contribution is 0.0636. The van der Waals surface area contributed by atoms with Crippen molar-refractivity contribution < 1.29 is 9.53 Å². The Morgan fingerprint density at radius 1 is 1.03 bits per heavy atom. The molecule has 1 aromatic heterocycles. The van der Waals surface area contributed by atoms with Crippen molar-refractivity contribution in [1.29, 1.82) is 0 Å². The number of aromatic nitrogens is 1. The molecule has 0 fully saturated rings. The third kappa shape index (κ3) is 4.27. The molecule has 0 aliphatic heterocycles. The van der Waals surface area contributed by atoms with Crippen LogP contribution in [0.5, 0.6) is 0 Å². The predicted molar refractivity (Wildman–Crippen MR) is 121 cm³/mol. The van der Waals surface area contributed by atoms with E-state index in [1.165, 1.54) is 5.56 Å². The Bertz CT molecular complexity index is 996. The van der Waals surface area contributed by atoms with Gasteiger partial charge in [0.1, 0.15) is 5.60 Å². The first kappa shape index (κ1) is 21.3. The van der Waals surface area contributed by atoms with Crippen LogP contribution >= 0.6 is 11.6 Å². The molecule has 0 spiro atoms. The number of carbonyl (C=O) groups excluding carboxylic acids is 1. The number of benzene rings is 2. The summed E-state index contributed by atoms with van der Waals surface area (Å²) in [5, 5.41) is 4.61. The van der Waals surface area contributed by atoms with E-state index in [0.717, 1.165) is 34.5 Å². The molecule has 1 amide bonds. The van der Waals surface area contributed by atoms with Crippen LogP contribution in [0.15, 0.2) is 54.7 Å². The molecule has 2 aromatic carbocycles. The molecule has 0 unspecified atom stereocenters. The summed E-state index contributed by atoms with van der Waals surface area (Å²) in [6.45, 7) is 9.96. The first-order valence-corrected chi connectivity index (χ1v) is 10.4. The summed E-state index contributed by atoms with van der Waals surface area (Å²) in [5.41, 5.74) is 2.29. The monoisotopic (exact) mass is 412 g/mol. The molecule has 0 atom stereocenters. The van der Waals surface area contributed by atoms with E-state index in [1.54, 1.807) is 0 Å². The Labute approximate surface area is 177 Å². The van der Waals surface area contributed by atoms with E-state index < -0.39 is 11.7 Å². The van der Waals surface area contributed by atoms with Gasteiger partial charge in [-0.15, -0.1) is 0 Å². The van der Waals surface area contributed by atoms with Crippen LogP contribution in [0.3, 0.4) is 0 Å². The van der Waals surface area contributed by atoms with Crippen molar-refractivity contribution in [2.75, 3.05) is 5.32 Å². The number of nitrogens with one attached hydrogen (secondary N) is 1. The van der Waals surface area contributed by atoms with E-state index in [4.69, 9.17) is 16.3 Å². The molecule has 3 aromatic rings. The van der Waals surface area contributed by atoms with E-state index >= 15 is 0 Å². The molecule has 0 saturated carbocycles. The van der Waals surface area contributed by atoms with Crippen LogP contribution in [0, 0.1) is 0 Å². The maximum absolute atomic E-state index is 12.3. The Morgan fingerprint density at radius 3 is 2.28 bits per heavy atom. The Hall–Kier alpha value is -2.46. The largest absolute Gasteiger partial charge is 0.444 e. The van der Waals surface area contributed by atoms with Gasteiger partial charge in [-0.3, -0.25) is 5.32 Å². The number of amides is 1. The standard InChI is InChI=1S/C24H29ClN2O2/c1-6-24(7-2,17-11-13-18(25)14-12-17)27-16-15-19-20(9-8-10-21(19)27)26-22(28)29-23(3,4)5/h8-16H,6-7H2,1-5H3,(H,26,28). The summed E-state index contributed by atoms with van der Waals surface area (Å²) in [5.74, 6) is 0. The molecule has 1 heterocycles. The molecule has 0 radical (unpaired) electrons. The van der Waals surface area contributed by atoms with Gasteiger partial charge in [0.05, 0.1) is 16.7 Å². The zero-order valence-corrected chi connectivity index (χ0v) is 18.5. The third-order valence-corrected chi connectivity index (χ3v) is 5.63. The van der Waals surface area contributed by atoms with Crippen molar-refractivity contribution >= 4 is 34.3 Å². The average Bonchev–Trinajstić information content (AvgIpc) is 3.09. The molecule has 0 aliphatic rings. The van der Waals surface area contributed by atoms with Crippen LogP contribution in [-0.2, 0) is 10.3 Å². The van der Waals surface area contributed by atoms with Crippen LogP contribution < -0.4 is 5.32 Å². The summed E-state index contributed by atoms with van der Waals surface area (Å²) in [6.07, 6.45) is 3.51. The molecule has 0 bridgehead atoms. The number of fused-ring (bicyclic) bond motifs is 1. The lowest BCUT2D eigenvalue weighted by atomic mass is 9.84. The number of anilines is 1. The second-order valence-corrected chi connectivity index (χ2v) is 8.73. The smallest absolute Gasteiger partial charge is 0.412 e. The Balaban J connectivity index is 2.06. The lowest BCUT2D eigenvalue weighted by Crippen LogP contribution is -2.33. The minimum Gasteiger partial charge on any atom is -0.444 e. The van der Waals surface area contributed by atoms with Gasteiger partial charge in [-0.2, -0.15) is 0 Å². The van der Waals surface area contributed by atoms with Gasteiger partial charge in [0.25, 0.3) is 0 Å². The van der Waals surface area contributed by atoms with Crippen molar-refractivity contribution in [1.82, 2.24) is 4.57 Å². The van der Waals surface area contributed by atoms with Gasteiger partial charge in [-0.25, -0.2) is 4.79 Å². The SMILES string of the molecule is CCC(CC)(c1ccc(Cl)cc1)n1ccc2c(NC(=O)OC(C)(C)C)cccc21. The van der Waals surface area contributed by atoms with E-state index in [2.05, 4.69) is 54.2 Å². The summed E-state index contributed by atoms with van der Waals surface area (Å²) < 4.78 is 7.73. The summed E-state index contributed by atoms with van der Waals surface area (Å²) >= 11 is 6.12. The van der Waals surface area contributed by atoms with Crippen molar-refractivity contribution in [3.63, 3.8) is 0 Å². The molecule has 3 rings (SSSR count). The zero-order valence-electron chi connectivity index (χ0n) is 17.8. The Kier molecular flexibility index (Phi) is 5.95. The maximum atomic E-state index is 12.3. The fourth-order valence-corrected chi connectivity index (χ4v) is 4.09. The molecule has 4 nitrogen and oxygen atoms in total. The Morgan fingerprint density at radius 2 is 1.69 bits per heavy atom. The molecular weight excluding hydrogens is 384 g/mol. The van der Waals surface area contributed by atoms with Crippen molar-refractivity contribution in [3.05, 3.63) is 65.3 Å². The quantitative estimate of drug-likeness (QED) is 0.481. The van der Waals surface area contributed by atoms with Gasteiger partial charge in [0, 0.05) is 16.6 Å². The molecule has 0 saturated heterocycles. The number of halogens is 1. The molecule has 1 N–H and O–H groups in total. The van der Waals surface area contributed by atoms with E-state index in [1.807, 2.05) is 45.0 Å². The number of rotatable bonds is 5. The predicted octanol–water partition coefficient (Wildman–Crippen LogP) is 7.21. The highest BCUT2D eigenvalue weighted by atomic mass is 35.5. The van der Waals surface area contributed by atoms with Gasteiger partial charge in [-0.1, -0.05) is 43.6 Å². The van der Waals surface area contributed by atoms with Gasteiger partial charge >= 0.3 is 6.09 Å². The van der Waals surface area contributed by atoms with E-state index in [9.17, 15) is 4.79 Å². The second kappa shape index (κ2) is 8.11. The highest BCUT2D eigenvalue weighted by molar-refractivity contribution is 6.30. The summed E-state index contributed by atoms with van der Waals surface area (Å²) in [6, 6.07) is 16.1. The van der Waals surface area contributed by atoms with Gasteiger partial charge in [-0.05, 0) is 69.5 Å². The minimum absolute atomic E-state index is 0.198. The zero-order chi connectivity index (χ0) is 21.2. The molecular formula is C24H29ClN2O2. The van der Waals surface area contributed by atoms with Crippen LogP contribution in [0.2, 0.25) is 5.02 Å². The number of ether oxygens (including phenoxy) is 1. The topological polar surface area (TPSA) is 43.3 Å². The normalized spacial score (nSPS) is 12.2. The fourth-order valence-electron chi connectivity index (χ4n) is 3.96. The summed E-state index contributed by atoms with van der Waals surface area (Å²) in [7, 11) is 0. The number of hydrogen-bond acceptors (Lipinski definition) is 2. The van der Waals surface area contributed by atoms with Crippen molar-refractivity contribution in [3.8, 4) is 0 Å². The average molecular weight is 413 g/mol. The first-order chi connectivity index (χ1) is 13.7. The first-order valence-electron chi connectivity index (χ1n) is 10.1. The third-order valence-electron chi connectivity index (χ3n) is 5.38. The van der Waals surface area contributed by atoms with Gasteiger partial charge in [0.2, 0.25) is 0 Å². The van der Waals surface area contributed by atoms with Crippen molar-refractivity contribution in [2.45, 2.75) is 58.6 Å². The van der Waals surface area contributed by atoms with Crippen LogP contribution in [0.1, 0.15) is 53.0 Å². The molecule has 154 valence electrons. The molecule has 29 heavy (non-hydrogen) atoms. The highest BCUT2D eigenvalue weighted by Crippen LogP contribution is 2.38. The van der Waals surface area contributed by atoms with Crippen LogP contribution in [-0.4, -0.2) is 16.3 Å². The maximum Gasteiger partial charge on any atom is 0.412 e.